The molecule has 2 aliphatic rings. The standard InChI is InChI=1S/C24H16F2N2O3/c1-28-9-16(14-7-13(11-2-3-11)18(26)8-19(14)28)21-22(24(30)27-23(21)29)17-10-31-20-5-4-12(25)6-15(17)20/h4-11H,2-3H2,1H3,(H,27,29,30). The fourth-order valence-corrected chi connectivity index (χ4v) is 4.49. The van der Waals surface area contributed by atoms with Gasteiger partial charge in [-0.25, -0.2) is 8.78 Å². The first-order chi connectivity index (χ1) is 14.9. The Kier molecular flexibility index (Phi) is 3.57. The van der Waals surface area contributed by atoms with Crippen molar-refractivity contribution < 1.29 is 22.8 Å². The van der Waals surface area contributed by atoms with Crippen LogP contribution in [0.1, 0.15) is 35.4 Å². The Morgan fingerprint density at radius 1 is 1.00 bits per heavy atom. The van der Waals surface area contributed by atoms with Crippen LogP contribution in [-0.4, -0.2) is 16.4 Å². The van der Waals surface area contributed by atoms with Crippen molar-refractivity contribution in [2.75, 3.05) is 0 Å². The van der Waals surface area contributed by atoms with E-state index in [1.807, 2.05) is 0 Å². The second kappa shape index (κ2) is 6.14. The summed E-state index contributed by atoms with van der Waals surface area (Å²) in [6, 6.07) is 7.28. The number of hydrogen-bond acceptors (Lipinski definition) is 3. The van der Waals surface area contributed by atoms with Crippen molar-refractivity contribution >= 4 is 44.8 Å². The monoisotopic (exact) mass is 418 g/mol. The lowest BCUT2D eigenvalue weighted by atomic mass is 9.94. The van der Waals surface area contributed by atoms with Gasteiger partial charge in [0, 0.05) is 35.1 Å². The van der Waals surface area contributed by atoms with Crippen molar-refractivity contribution in [3.63, 3.8) is 0 Å². The van der Waals surface area contributed by atoms with Crippen molar-refractivity contribution in [3.8, 4) is 0 Å². The first-order valence-corrected chi connectivity index (χ1v) is 9.98. The number of hydrogen-bond donors (Lipinski definition) is 1. The molecule has 1 N–H and O–H groups in total. The number of rotatable bonds is 3. The average molecular weight is 418 g/mol. The van der Waals surface area contributed by atoms with Crippen molar-refractivity contribution in [1.29, 1.82) is 0 Å². The molecule has 1 fully saturated rings. The smallest absolute Gasteiger partial charge is 0.259 e. The molecule has 2 amide bonds. The third kappa shape index (κ3) is 2.59. The number of carbonyl (C=O) groups is 2. The third-order valence-corrected chi connectivity index (χ3v) is 6.13. The highest BCUT2D eigenvalue weighted by Crippen LogP contribution is 2.44. The molecule has 1 aliphatic heterocycles. The summed E-state index contributed by atoms with van der Waals surface area (Å²) in [5, 5.41) is 3.45. The van der Waals surface area contributed by atoms with E-state index < -0.39 is 17.6 Å². The van der Waals surface area contributed by atoms with Gasteiger partial charge < -0.3 is 8.98 Å². The van der Waals surface area contributed by atoms with E-state index in [2.05, 4.69) is 5.32 Å². The van der Waals surface area contributed by atoms with Crippen LogP contribution in [0.3, 0.4) is 0 Å². The molecular weight excluding hydrogens is 402 g/mol. The quantitative estimate of drug-likeness (QED) is 0.493. The summed E-state index contributed by atoms with van der Waals surface area (Å²) in [6.45, 7) is 0. The minimum absolute atomic E-state index is 0.124. The first kappa shape index (κ1) is 18.1. The Labute approximate surface area is 174 Å². The van der Waals surface area contributed by atoms with Gasteiger partial charge in [0.05, 0.1) is 22.9 Å². The van der Waals surface area contributed by atoms with E-state index in [9.17, 15) is 18.4 Å². The lowest BCUT2D eigenvalue weighted by Gasteiger charge is -2.05. The van der Waals surface area contributed by atoms with Crippen LogP contribution in [0.5, 0.6) is 0 Å². The minimum atomic E-state index is -0.575. The Bertz CT molecular complexity index is 1490. The van der Waals surface area contributed by atoms with Crippen molar-refractivity contribution in [3.05, 3.63) is 71.1 Å². The summed E-state index contributed by atoms with van der Waals surface area (Å²) in [5.74, 6) is -1.67. The van der Waals surface area contributed by atoms with Gasteiger partial charge in [0.1, 0.15) is 17.2 Å². The van der Waals surface area contributed by atoms with Gasteiger partial charge >= 0.3 is 0 Å². The molecule has 2 aromatic carbocycles. The largest absolute Gasteiger partial charge is 0.464 e. The van der Waals surface area contributed by atoms with Crippen LogP contribution in [-0.2, 0) is 16.6 Å². The van der Waals surface area contributed by atoms with E-state index in [1.165, 1.54) is 30.5 Å². The number of amides is 2. The van der Waals surface area contributed by atoms with Gasteiger partial charge in [-0.3, -0.25) is 14.9 Å². The Hall–Kier alpha value is -3.74. The number of nitrogens with one attached hydrogen (secondary N) is 1. The number of benzene rings is 2. The van der Waals surface area contributed by atoms with Crippen molar-refractivity contribution in [1.82, 2.24) is 9.88 Å². The summed E-state index contributed by atoms with van der Waals surface area (Å²) in [5.41, 5.74) is 2.83. The lowest BCUT2D eigenvalue weighted by Crippen LogP contribution is -2.22. The molecule has 0 unspecified atom stereocenters. The fourth-order valence-electron chi connectivity index (χ4n) is 4.49. The summed E-state index contributed by atoms with van der Waals surface area (Å²) in [6.07, 6.45) is 4.95. The molecule has 7 heteroatoms. The predicted octanol–water partition coefficient (Wildman–Crippen LogP) is 4.65. The van der Waals surface area contributed by atoms with E-state index in [0.29, 0.717) is 38.6 Å². The second-order valence-electron chi connectivity index (χ2n) is 8.14. The minimum Gasteiger partial charge on any atom is -0.464 e. The number of halogens is 2. The van der Waals surface area contributed by atoms with E-state index in [0.717, 1.165) is 12.8 Å². The molecule has 0 atom stereocenters. The Morgan fingerprint density at radius 2 is 1.74 bits per heavy atom. The third-order valence-electron chi connectivity index (χ3n) is 6.13. The Balaban J connectivity index is 1.66. The average Bonchev–Trinajstić information content (AvgIpc) is 3.34. The molecule has 0 spiro atoms. The number of carbonyl (C=O) groups excluding carboxylic acids is 2. The number of nitrogens with zero attached hydrogens (tertiary/aromatic N) is 1. The zero-order chi connectivity index (χ0) is 21.4. The topological polar surface area (TPSA) is 64.2 Å². The summed E-state index contributed by atoms with van der Waals surface area (Å²) in [4.78, 5) is 25.7. The zero-order valence-electron chi connectivity index (χ0n) is 16.5. The number of furan rings is 1. The van der Waals surface area contributed by atoms with E-state index in [1.54, 1.807) is 23.9 Å². The van der Waals surface area contributed by atoms with E-state index >= 15 is 0 Å². The molecule has 4 aromatic rings. The maximum atomic E-state index is 14.6. The maximum Gasteiger partial charge on any atom is 0.259 e. The Morgan fingerprint density at radius 3 is 2.48 bits per heavy atom. The van der Waals surface area contributed by atoms with Gasteiger partial charge in [0.2, 0.25) is 0 Å². The molecule has 1 aliphatic carbocycles. The van der Waals surface area contributed by atoms with Gasteiger partial charge in [0.25, 0.3) is 11.8 Å². The molecular formula is C24H16F2N2O3. The van der Waals surface area contributed by atoms with Crippen LogP contribution in [0.4, 0.5) is 8.78 Å². The highest BCUT2D eigenvalue weighted by molar-refractivity contribution is 6.50. The van der Waals surface area contributed by atoms with Crippen LogP contribution in [0.25, 0.3) is 33.0 Å². The van der Waals surface area contributed by atoms with Crippen LogP contribution < -0.4 is 5.32 Å². The van der Waals surface area contributed by atoms with Crippen molar-refractivity contribution in [2.24, 2.45) is 7.05 Å². The highest BCUT2D eigenvalue weighted by Gasteiger charge is 2.36. The fraction of sp³-hybridized carbons (Fsp3) is 0.167. The number of fused-ring (bicyclic) bond motifs is 2. The van der Waals surface area contributed by atoms with Gasteiger partial charge in [0.15, 0.2) is 0 Å². The zero-order valence-corrected chi connectivity index (χ0v) is 16.5. The number of aromatic nitrogens is 1. The molecule has 0 radical (unpaired) electrons. The van der Waals surface area contributed by atoms with Crippen LogP contribution in [0.2, 0.25) is 0 Å². The second-order valence-corrected chi connectivity index (χ2v) is 8.14. The summed E-state index contributed by atoms with van der Waals surface area (Å²) < 4.78 is 35.7. The molecule has 1 saturated carbocycles. The molecule has 31 heavy (non-hydrogen) atoms. The van der Waals surface area contributed by atoms with Gasteiger partial charge in [-0.2, -0.15) is 0 Å². The predicted molar refractivity (Wildman–Crippen MR) is 111 cm³/mol. The maximum absolute atomic E-state index is 14.6. The summed E-state index contributed by atoms with van der Waals surface area (Å²) >= 11 is 0. The first-order valence-electron chi connectivity index (χ1n) is 9.98. The van der Waals surface area contributed by atoms with Gasteiger partial charge in [-0.1, -0.05) is 0 Å². The molecule has 5 nitrogen and oxygen atoms in total. The molecule has 0 bridgehead atoms. The molecule has 0 saturated heterocycles. The van der Waals surface area contributed by atoms with Gasteiger partial charge in [-0.05, 0) is 54.7 Å². The SMILES string of the molecule is Cn1cc(C2=C(c3coc4ccc(F)cc34)C(=O)NC2=O)c2cc(C3CC3)c(F)cc21. The van der Waals surface area contributed by atoms with Crippen LogP contribution >= 0.6 is 0 Å². The van der Waals surface area contributed by atoms with E-state index in [-0.39, 0.29) is 22.9 Å². The normalized spacial score (nSPS) is 16.7. The van der Waals surface area contributed by atoms with Crippen LogP contribution in [0, 0.1) is 11.6 Å². The van der Waals surface area contributed by atoms with Crippen LogP contribution in [0.15, 0.2) is 47.2 Å². The molecule has 3 heterocycles. The van der Waals surface area contributed by atoms with Gasteiger partial charge in [-0.15, -0.1) is 0 Å². The van der Waals surface area contributed by atoms with E-state index in [4.69, 9.17) is 4.42 Å². The summed E-state index contributed by atoms with van der Waals surface area (Å²) in [7, 11) is 1.76. The molecule has 154 valence electrons. The van der Waals surface area contributed by atoms with Crippen molar-refractivity contribution in [2.45, 2.75) is 18.8 Å². The molecule has 2 aromatic heterocycles. The molecule has 6 rings (SSSR count). The number of imide groups is 1. The lowest BCUT2D eigenvalue weighted by molar-refractivity contribution is -0.122. The highest BCUT2D eigenvalue weighted by atomic mass is 19.1. The number of aryl methyl sites for hydroxylation is 1.